The molecule has 0 saturated heterocycles. The molecule has 0 radical (unpaired) electrons. The van der Waals surface area contributed by atoms with Crippen molar-refractivity contribution in [2.24, 2.45) is 10.9 Å². The topological polar surface area (TPSA) is 105 Å². The van der Waals surface area contributed by atoms with Gasteiger partial charge in [0.15, 0.2) is 5.84 Å². The zero-order valence-corrected chi connectivity index (χ0v) is 12.6. The summed E-state index contributed by atoms with van der Waals surface area (Å²) in [4.78, 5) is -0.141. The van der Waals surface area contributed by atoms with Crippen LogP contribution in [0.3, 0.4) is 0 Å². The van der Waals surface area contributed by atoms with Gasteiger partial charge in [-0.3, -0.25) is 0 Å². The van der Waals surface area contributed by atoms with Crippen molar-refractivity contribution in [3.8, 4) is 0 Å². The summed E-state index contributed by atoms with van der Waals surface area (Å²) in [5.74, 6) is -0.275. The molecule has 4 N–H and O–H groups in total. The first-order valence-corrected chi connectivity index (χ1v) is 7.62. The molecule has 0 atom stereocenters. The zero-order valence-electron chi connectivity index (χ0n) is 9.44. The Morgan fingerprint density at radius 1 is 1.56 bits per heavy atom. The Balaban J connectivity index is 3.14. The van der Waals surface area contributed by atoms with E-state index in [0.717, 1.165) is 11.3 Å². The first-order valence-electron chi connectivity index (χ1n) is 4.57. The van der Waals surface area contributed by atoms with E-state index in [1.165, 1.54) is 19.9 Å². The van der Waals surface area contributed by atoms with Crippen molar-refractivity contribution in [3.05, 3.63) is 14.7 Å². The number of nitrogens with one attached hydrogen (secondary N) is 1. The second kappa shape index (κ2) is 5.22. The first-order chi connectivity index (χ1) is 8.10. The summed E-state index contributed by atoms with van der Waals surface area (Å²) in [7, 11) is -3.91. The van der Waals surface area contributed by atoms with Gasteiger partial charge >= 0.3 is 0 Å². The highest BCUT2D eigenvalue weighted by atomic mass is 35.5. The maximum Gasteiger partial charge on any atom is 0.243 e. The maximum absolute atomic E-state index is 12.1. The molecule has 1 rings (SSSR count). The number of oxime groups is 1. The normalized spacial score (nSPS) is 13.9. The van der Waals surface area contributed by atoms with Gasteiger partial charge in [0.1, 0.15) is 9.23 Å². The fraction of sp³-hybridized carbons (Fsp3) is 0.375. The number of nitrogens with two attached hydrogens (primary N) is 1. The largest absolute Gasteiger partial charge is 0.409 e. The van der Waals surface area contributed by atoms with E-state index in [9.17, 15) is 8.42 Å². The van der Waals surface area contributed by atoms with E-state index in [-0.39, 0.29) is 19.4 Å². The van der Waals surface area contributed by atoms with Crippen LogP contribution >= 0.6 is 34.5 Å². The fourth-order valence-electron chi connectivity index (χ4n) is 1.08. The Kier molecular flexibility index (Phi) is 4.50. The van der Waals surface area contributed by atoms with E-state index in [4.69, 9.17) is 34.1 Å². The summed E-state index contributed by atoms with van der Waals surface area (Å²) >= 11 is 12.4. The van der Waals surface area contributed by atoms with E-state index in [0.29, 0.717) is 0 Å². The SMILES string of the molecule is CC(C)(NS(=O)(=O)c1cc(Cl)sc1Cl)/C(N)=N/O. The first kappa shape index (κ1) is 15.5. The van der Waals surface area contributed by atoms with Crippen LogP contribution in [0.4, 0.5) is 0 Å². The Hall–Kier alpha value is -0.540. The number of thiophene rings is 1. The average Bonchev–Trinajstić information content (AvgIpc) is 2.55. The second-order valence-electron chi connectivity index (χ2n) is 3.90. The van der Waals surface area contributed by atoms with Crippen LogP contribution in [0.5, 0.6) is 0 Å². The molecular weight excluding hydrogens is 321 g/mol. The van der Waals surface area contributed by atoms with Gasteiger partial charge < -0.3 is 10.9 Å². The molecule has 0 aliphatic rings. The number of sulfonamides is 1. The van der Waals surface area contributed by atoms with Gasteiger partial charge in [0.05, 0.1) is 9.88 Å². The molecule has 0 saturated carbocycles. The molecule has 0 bridgehead atoms. The minimum absolute atomic E-state index is 0.0443. The summed E-state index contributed by atoms with van der Waals surface area (Å²) < 4.78 is 26.7. The molecule has 1 aromatic rings. The molecule has 0 aliphatic heterocycles. The predicted molar refractivity (Wildman–Crippen MR) is 72.1 cm³/mol. The van der Waals surface area contributed by atoms with Crippen LogP contribution in [0.1, 0.15) is 13.8 Å². The summed E-state index contributed by atoms with van der Waals surface area (Å²) in [6.45, 7) is 2.89. The fourth-order valence-corrected chi connectivity index (χ4v) is 4.62. The van der Waals surface area contributed by atoms with Crippen LogP contribution in [-0.2, 0) is 10.0 Å². The number of halogens is 2. The molecule has 0 amide bonds. The molecule has 102 valence electrons. The highest BCUT2D eigenvalue weighted by Gasteiger charge is 2.32. The number of rotatable bonds is 4. The lowest BCUT2D eigenvalue weighted by molar-refractivity contribution is 0.312. The molecule has 0 spiro atoms. The van der Waals surface area contributed by atoms with Gasteiger partial charge in [0, 0.05) is 0 Å². The van der Waals surface area contributed by atoms with E-state index >= 15 is 0 Å². The third-order valence-electron chi connectivity index (χ3n) is 2.05. The highest BCUT2D eigenvalue weighted by molar-refractivity contribution is 7.89. The van der Waals surface area contributed by atoms with E-state index in [2.05, 4.69) is 9.88 Å². The minimum Gasteiger partial charge on any atom is -0.409 e. The molecule has 1 aromatic heterocycles. The number of amidine groups is 1. The standard InChI is InChI=1S/C8H11Cl2N3O3S2/c1-8(2,7(11)12-14)13-18(15,16)4-3-5(9)17-6(4)10/h3,13-14H,1-2H3,(H2,11,12). The Labute approximate surface area is 118 Å². The molecule has 0 fully saturated rings. The quantitative estimate of drug-likeness (QED) is 0.339. The summed E-state index contributed by atoms with van der Waals surface area (Å²) in [5, 5.41) is 11.4. The van der Waals surface area contributed by atoms with Crippen LogP contribution in [0, 0.1) is 0 Å². The van der Waals surface area contributed by atoms with Crippen molar-refractivity contribution in [2.45, 2.75) is 24.3 Å². The predicted octanol–water partition coefficient (Wildman–Crippen LogP) is 1.86. The van der Waals surface area contributed by atoms with Crippen LogP contribution < -0.4 is 10.5 Å². The van der Waals surface area contributed by atoms with Gasteiger partial charge in [-0.1, -0.05) is 28.4 Å². The van der Waals surface area contributed by atoms with Crippen LogP contribution in [0.15, 0.2) is 16.1 Å². The maximum atomic E-state index is 12.1. The lowest BCUT2D eigenvalue weighted by atomic mass is 10.1. The summed E-state index contributed by atoms with van der Waals surface area (Å²) in [5.41, 5.74) is 4.14. The van der Waals surface area contributed by atoms with Crippen LogP contribution in [0.25, 0.3) is 0 Å². The number of hydrogen-bond donors (Lipinski definition) is 3. The molecule has 18 heavy (non-hydrogen) atoms. The van der Waals surface area contributed by atoms with Gasteiger partial charge in [-0.05, 0) is 19.9 Å². The minimum atomic E-state index is -3.91. The molecule has 0 unspecified atom stereocenters. The van der Waals surface area contributed by atoms with Crippen molar-refractivity contribution in [1.82, 2.24) is 4.72 Å². The van der Waals surface area contributed by atoms with Crippen molar-refractivity contribution in [3.63, 3.8) is 0 Å². The van der Waals surface area contributed by atoms with Crippen LogP contribution in [0.2, 0.25) is 8.67 Å². The Bertz CT molecular complexity index is 580. The van der Waals surface area contributed by atoms with Gasteiger partial charge in [-0.2, -0.15) is 4.72 Å². The van der Waals surface area contributed by atoms with Crippen molar-refractivity contribution in [2.75, 3.05) is 0 Å². The summed E-state index contributed by atoms with van der Waals surface area (Å²) in [6.07, 6.45) is 0. The smallest absolute Gasteiger partial charge is 0.243 e. The molecule has 1 heterocycles. The van der Waals surface area contributed by atoms with E-state index < -0.39 is 15.6 Å². The van der Waals surface area contributed by atoms with Gasteiger partial charge in [0.2, 0.25) is 10.0 Å². The Morgan fingerprint density at radius 2 is 2.11 bits per heavy atom. The Morgan fingerprint density at radius 3 is 2.50 bits per heavy atom. The molecule has 10 heteroatoms. The zero-order chi connectivity index (χ0) is 14.1. The van der Waals surface area contributed by atoms with Crippen molar-refractivity contribution < 1.29 is 13.6 Å². The van der Waals surface area contributed by atoms with Gasteiger partial charge in [-0.25, -0.2) is 8.42 Å². The van der Waals surface area contributed by atoms with Gasteiger partial charge in [-0.15, -0.1) is 11.3 Å². The third kappa shape index (κ3) is 3.27. The molecular formula is C8H11Cl2N3O3S2. The monoisotopic (exact) mass is 331 g/mol. The average molecular weight is 332 g/mol. The van der Waals surface area contributed by atoms with E-state index in [1.807, 2.05) is 0 Å². The molecule has 0 aromatic carbocycles. The van der Waals surface area contributed by atoms with Crippen LogP contribution in [-0.4, -0.2) is 25.0 Å². The lowest BCUT2D eigenvalue weighted by Crippen LogP contribution is -2.52. The summed E-state index contributed by atoms with van der Waals surface area (Å²) in [6, 6.07) is 1.24. The second-order valence-corrected chi connectivity index (χ2v) is 7.84. The van der Waals surface area contributed by atoms with Gasteiger partial charge in [0.25, 0.3) is 0 Å². The highest BCUT2D eigenvalue weighted by Crippen LogP contribution is 2.34. The lowest BCUT2D eigenvalue weighted by Gasteiger charge is -2.23. The van der Waals surface area contributed by atoms with Crippen molar-refractivity contribution in [1.29, 1.82) is 0 Å². The molecule has 6 nitrogen and oxygen atoms in total. The third-order valence-corrected chi connectivity index (χ3v) is 5.46. The number of nitrogens with zero attached hydrogens (tertiary/aromatic N) is 1. The molecule has 0 aliphatic carbocycles. The van der Waals surface area contributed by atoms with E-state index in [1.54, 1.807) is 0 Å². The number of hydrogen-bond acceptors (Lipinski definition) is 5. The van der Waals surface area contributed by atoms with Crippen molar-refractivity contribution >= 4 is 50.4 Å².